The summed E-state index contributed by atoms with van der Waals surface area (Å²) in [5.41, 5.74) is -0.244. The van der Waals surface area contributed by atoms with E-state index in [1.165, 1.54) is 23.1 Å². The summed E-state index contributed by atoms with van der Waals surface area (Å²) in [6.45, 7) is 5.71. The minimum atomic E-state index is -3.85. The number of hydrogen-bond acceptors (Lipinski definition) is 7. The Morgan fingerprint density at radius 2 is 2.10 bits per heavy atom. The van der Waals surface area contributed by atoms with Crippen LogP contribution in [0.3, 0.4) is 0 Å². The Hall–Kier alpha value is -2.69. The molecule has 29 heavy (non-hydrogen) atoms. The predicted octanol–water partition coefficient (Wildman–Crippen LogP) is 3.03. The molecule has 0 bridgehead atoms. The van der Waals surface area contributed by atoms with Crippen LogP contribution in [0.25, 0.3) is 11.0 Å². The first-order valence-electron chi connectivity index (χ1n) is 9.33. The number of hydrogen-bond donors (Lipinski definition) is 1. The molecular weight excluding hydrogens is 400 g/mol. The van der Waals surface area contributed by atoms with Crippen molar-refractivity contribution in [2.45, 2.75) is 56.8 Å². The number of aromatic nitrogens is 2. The number of non-ortho nitro benzene ring substituents is 1. The molecule has 11 heteroatoms. The fraction of sp³-hybridized carbons (Fsp3) is 0.556. The van der Waals surface area contributed by atoms with E-state index in [-0.39, 0.29) is 22.1 Å². The molecule has 2 aromatic rings. The van der Waals surface area contributed by atoms with Crippen molar-refractivity contribution in [1.29, 1.82) is 0 Å². The number of nitro groups is 1. The fourth-order valence-corrected chi connectivity index (χ4v) is 4.82. The van der Waals surface area contributed by atoms with E-state index in [0.29, 0.717) is 18.5 Å². The van der Waals surface area contributed by atoms with Crippen LogP contribution in [-0.2, 0) is 14.6 Å². The average Bonchev–Trinajstić information content (AvgIpc) is 3.04. The van der Waals surface area contributed by atoms with E-state index in [1.807, 2.05) is 0 Å². The van der Waals surface area contributed by atoms with E-state index in [1.54, 1.807) is 20.8 Å². The molecule has 0 spiro atoms. The largest absolute Gasteiger partial charge is 0.444 e. The highest BCUT2D eigenvalue weighted by atomic mass is 32.2. The molecule has 0 radical (unpaired) electrons. The summed E-state index contributed by atoms with van der Waals surface area (Å²) in [5, 5.41) is 10.7. The summed E-state index contributed by atoms with van der Waals surface area (Å²) in [6, 6.07) is 3.39. The van der Waals surface area contributed by atoms with Gasteiger partial charge in [-0.3, -0.25) is 10.1 Å². The first-order valence-corrected chi connectivity index (χ1v) is 11.0. The number of nitrogens with zero attached hydrogens (tertiary/aromatic N) is 3. The zero-order valence-corrected chi connectivity index (χ0v) is 17.4. The van der Waals surface area contributed by atoms with Gasteiger partial charge < -0.3 is 14.6 Å². The molecule has 1 aromatic heterocycles. The number of piperidine rings is 1. The standard InChI is InChI=1S/C18H24N4O6S/c1-18(2,3)28-17(23)21-9-5-4-6-13(21)11-29(26,27)16-19-14-8-7-12(22(24)25)10-15(14)20-16/h7-8,10,13H,4-6,9,11H2,1-3H3,(H,19,20). The normalized spacial score (nSPS) is 18.0. The van der Waals surface area contributed by atoms with Crippen LogP contribution in [0.4, 0.5) is 10.5 Å². The van der Waals surface area contributed by atoms with E-state index < -0.39 is 32.5 Å². The van der Waals surface area contributed by atoms with Crippen molar-refractivity contribution >= 4 is 32.7 Å². The van der Waals surface area contributed by atoms with Crippen molar-refractivity contribution in [3.05, 3.63) is 28.3 Å². The summed E-state index contributed by atoms with van der Waals surface area (Å²) >= 11 is 0. The van der Waals surface area contributed by atoms with E-state index in [0.717, 1.165) is 12.8 Å². The smallest absolute Gasteiger partial charge is 0.410 e. The number of imidazole rings is 1. The fourth-order valence-electron chi connectivity index (χ4n) is 3.30. The van der Waals surface area contributed by atoms with Crippen LogP contribution in [0.1, 0.15) is 40.0 Å². The van der Waals surface area contributed by atoms with Gasteiger partial charge in [0.05, 0.1) is 21.7 Å². The Labute approximate surface area is 168 Å². The van der Waals surface area contributed by atoms with Crippen LogP contribution < -0.4 is 0 Å². The van der Waals surface area contributed by atoms with Crippen LogP contribution in [0.15, 0.2) is 23.4 Å². The quantitative estimate of drug-likeness (QED) is 0.588. The van der Waals surface area contributed by atoms with Crippen molar-refractivity contribution < 1.29 is 22.9 Å². The summed E-state index contributed by atoms with van der Waals surface area (Å²) in [4.78, 5) is 31.1. The molecule has 1 aromatic carbocycles. The molecule has 1 N–H and O–H groups in total. The molecule has 1 amide bonds. The number of sulfone groups is 1. The number of carbonyl (C=O) groups excluding carboxylic acids is 1. The van der Waals surface area contributed by atoms with Gasteiger partial charge in [-0.25, -0.2) is 18.2 Å². The van der Waals surface area contributed by atoms with Gasteiger partial charge in [-0.15, -0.1) is 0 Å². The lowest BCUT2D eigenvalue weighted by atomic mass is 10.0. The van der Waals surface area contributed by atoms with Crippen molar-refractivity contribution in [1.82, 2.24) is 14.9 Å². The van der Waals surface area contributed by atoms with Crippen molar-refractivity contribution in [2.75, 3.05) is 12.3 Å². The number of ether oxygens (including phenoxy) is 1. The molecule has 158 valence electrons. The Kier molecular flexibility index (Phi) is 5.52. The molecule has 1 unspecified atom stereocenters. The number of rotatable bonds is 4. The molecular formula is C18H24N4O6S. The van der Waals surface area contributed by atoms with Gasteiger partial charge in [0, 0.05) is 24.7 Å². The SMILES string of the molecule is CC(C)(C)OC(=O)N1CCCCC1CS(=O)(=O)c1nc2ccc([N+](=O)[O-])cc2[nH]1. The first kappa shape index (κ1) is 21.0. The second kappa shape index (κ2) is 7.62. The second-order valence-corrected chi connectivity index (χ2v) is 10.1. The Balaban J connectivity index is 1.84. The second-order valence-electron chi connectivity index (χ2n) is 8.11. The Morgan fingerprint density at radius 3 is 2.76 bits per heavy atom. The highest BCUT2D eigenvalue weighted by molar-refractivity contribution is 7.91. The van der Waals surface area contributed by atoms with E-state index in [2.05, 4.69) is 9.97 Å². The molecule has 3 rings (SSSR count). The molecule has 1 atom stereocenters. The maximum atomic E-state index is 12.9. The number of likely N-dealkylation sites (tertiary alicyclic amines) is 1. The van der Waals surface area contributed by atoms with E-state index in [9.17, 15) is 23.3 Å². The summed E-state index contributed by atoms with van der Waals surface area (Å²) in [5.74, 6) is -0.297. The summed E-state index contributed by atoms with van der Waals surface area (Å²) in [7, 11) is -3.85. The Bertz CT molecular complexity index is 1040. The first-order chi connectivity index (χ1) is 13.5. The number of carbonyl (C=O) groups is 1. The monoisotopic (exact) mass is 424 g/mol. The third-order valence-corrected chi connectivity index (χ3v) is 6.22. The molecule has 0 aliphatic carbocycles. The van der Waals surface area contributed by atoms with Crippen molar-refractivity contribution in [2.24, 2.45) is 0 Å². The van der Waals surface area contributed by atoms with Gasteiger partial charge in [0.1, 0.15) is 5.60 Å². The topological polar surface area (TPSA) is 136 Å². The zero-order valence-electron chi connectivity index (χ0n) is 16.5. The Morgan fingerprint density at radius 1 is 1.38 bits per heavy atom. The minimum absolute atomic E-state index is 0.159. The van der Waals surface area contributed by atoms with Gasteiger partial charge >= 0.3 is 6.09 Å². The number of benzene rings is 1. The van der Waals surface area contributed by atoms with Gasteiger partial charge in [0.25, 0.3) is 5.69 Å². The van der Waals surface area contributed by atoms with E-state index in [4.69, 9.17) is 4.74 Å². The number of H-pyrrole nitrogens is 1. The van der Waals surface area contributed by atoms with Gasteiger partial charge in [0.2, 0.25) is 15.0 Å². The number of fused-ring (bicyclic) bond motifs is 1. The van der Waals surface area contributed by atoms with Crippen LogP contribution in [0.5, 0.6) is 0 Å². The van der Waals surface area contributed by atoms with Gasteiger partial charge in [-0.2, -0.15) is 0 Å². The molecule has 2 heterocycles. The van der Waals surface area contributed by atoms with E-state index >= 15 is 0 Å². The zero-order chi connectivity index (χ0) is 21.4. The summed E-state index contributed by atoms with van der Waals surface area (Å²) in [6.07, 6.45) is 1.61. The van der Waals surface area contributed by atoms with Crippen molar-refractivity contribution in [3.8, 4) is 0 Å². The van der Waals surface area contributed by atoms with Crippen LogP contribution in [0.2, 0.25) is 0 Å². The maximum absolute atomic E-state index is 12.9. The highest BCUT2D eigenvalue weighted by Gasteiger charge is 2.35. The molecule has 1 saturated heterocycles. The van der Waals surface area contributed by atoms with Crippen LogP contribution in [0, 0.1) is 10.1 Å². The lowest BCUT2D eigenvalue weighted by Gasteiger charge is -2.36. The highest BCUT2D eigenvalue weighted by Crippen LogP contribution is 2.25. The lowest BCUT2D eigenvalue weighted by molar-refractivity contribution is -0.384. The number of nitrogens with one attached hydrogen (secondary N) is 1. The molecule has 1 fully saturated rings. The van der Waals surface area contributed by atoms with Crippen molar-refractivity contribution in [3.63, 3.8) is 0 Å². The number of aromatic amines is 1. The number of amides is 1. The van der Waals surface area contributed by atoms with Gasteiger partial charge in [-0.1, -0.05) is 0 Å². The lowest BCUT2D eigenvalue weighted by Crippen LogP contribution is -2.49. The van der Waals surface area contributed by atoms with Gasteiger partial charge in [0.15, 0.2) is 0 Å². The minimum Gasteiger partial charge on any atom is -0.444 e. The molecule has 10 nitrogen and oxygen atoms in total. The third-order valence-electron chi connectivity index (χ3n) is 4.62. The predicted molar refractivity (Wildman–Crippen MR) is 105 cm³/mol. The molecule has 1 aliphatic rings. The number of nitro benzene ring substituents is 1. The van der Waals surface area contributed by atoms with Crippen LogP contribution in [-0.4, -0.2) is 58.2 Å². The average molecular weight is 424 g/mol. The molecule has 1 aliphatic heterocycles. The van der Waals surface area contributed by atoms with Crippen LogP contribution >= 0.6 is 0 Å². The third kappa shape index (κ3) is 4.84. The molecule has 0 saturated carbocycles. The summed E-state index contributed by atoms with van der Waals surface area (Å²) < 4.78 is 31.3. The maximum Gasteiger partial charge on any atom is 0.410 e. The van der Waals surface area contributed by atoms with Gasteiger partial charge in [-0.05, 0) is 46.1 Å².